The lowest BCUT2D eigenvalue weighted by atomic mass is 9.95. The van der Waals surface area contributed by atoms with Crippen LogP contribution in [0, 0.1) is 5.82 Å². The lowest BCUT2D eigenvalue weighted by Crippen LogP contribution is -2.52. The van der Waals surface area contributed by atoms with Crippen molar-refractivity contribution in [2.45, 2.75) is 12.1 Å². The topological polar surface area (TPSA) is 132 Å². The highest BCUT2D eigenvalue weighted by molar-refractivity contribution is 6.08. The van der Waals surface area contributed by atoms with Crippen molar-refractivity contribution in [3.8, 4) is 11.6 Å². The number of imidazole rings is 1. The van der Waals surface area contributed by atoms with E-state index in [-0.39, 0.29) is 30.2 Å². The summed E-state index contributed by atoms with van der Waals surface area (Å²) in [6.45, 7) is -0.239. The van der Waals surface area contributed by atoms with Gasteiger partial charge in [0.05, 0.1) is 19.2 Å². The molecule has 1 unspecified atom stereocenters. The minimum Gasteiger partial charge on any atom is -0.494 e. The van der Waals surface area contributed by atoms with Gasteiger partial charge < -0.3 is 19.4 Å². The molecule has 5 heterocycles. The molecule has 1 saturated heterocycles. The van der Waals surface area contributed by atoms with Crippen LogP contribution in [0.1, 0.15) is 21.7 Å². The van der Waals surface area contributed by atoms with Gasteiger partial charge in [0.15, 0.2) is 22.7 Å². The number of nitrogens with one attached hydrogen (secondary N) is 2. The number of furan rings is 1. The molecule has 0 saturated carbocycles. The van der Waals surface area contributed by atoms with E-state index in [1.807, 2.05) is 0 Å². The van der Waals surface area contributed by atoms with E-state index in [4.69, 9.17) is 9.15 Å². The molecule has 6 rings (SSSR count). The van der Waals surface area contributed by atoms with E-state index in [2.05, 4.69) is 20.6 Å². The van der Waals surface area contributed by atoms with Gasteiger partial charge in [0, 0.05) is 25.0 Å². The number of aromatic nitrogens is 3. The van der Waals surface area contributed by atoms with Crippen LogP contribution >= 0.6 is 0 Å². The number of imide groups is 1. The minimum absolute atomic E-state index is 0.0449. The Morgan fingerprint density at radius 2 is 2.09 bits per heavy atom. The number of pyridine rings is 1. The number of hydrogen-bond acceptors (Lipinski definition) is 7. The SMILES string of the molecule is COc1ccc2c(c1F)C(=O)N(CC1(c3cc4nc(-n5ccnc5)ccc4o3)NC(=O)NC1=O)C2. The van der Waals surface area contributed by atoms with Crippen LogP contribution in [0.2, 0.25) is 0 Å². The Hall–Kier alpha value is -4.74. The Labute approximate surface area is 196 Å². The number of ether oxygens (including phenoxy) is 1. The fourth-order valence-corrected chi connectivity index (χ4v) is 4.48. The Morgan fingerprint density at radius 1 is 1.23 bits per heavy atom. The predicted octanol–water partition coefficient (Wildman–Crippen LogP) is 1.85. The quantitative estimate of drug-likeness (QED) is 0.420. The first kappa shape index (κ1) is 20.8. The summed E-state index contributed by atoms with van der Waals surface area (Å²) < 4.78 is 27.4. The first-order valence-electron chi connectivity index (χ1n) is 10.6. The molecular weight excluding hydrogens is 459 g/mol. The van der Waals surface area contributed by atoms with Crippen molar-refractivity contribution >= 4 is 28.9 Å². The van der Waals surface area contributed by atoms with Crippen molar-refractivity contribution in [2.75, 3.05) is 13.7 Å². The second-order valence-electron chi connectivity index (χ2n) is 8.22. The van der Waals surface area contributed by atoms with Crippen molar-refractivity contribution in [3.63, 3.8) is 0 Å². The molecule has 176 valence electrons. The van der Waals surface area contributed by atoms with Gasteiger partial charge >= 0.3 is 6.03 Å². The lowest BCUT2D eigenvalue weighted by molar-refractivity contribution is -0.125. The van der Waals surface area contributed by atoms with Gasteiger partial charge in [-0.1, -0.05) is 6.07 Å². The molecule has 1 aromatic carbocycles. The van der Waals surface area contributed by atoms with E-state index >= 15 is 0 Å². The maximum atomic E-state index is 14.8. The molecule has 12 heteroatoms. The van der Waals surface area contributed by atoms with Crippen LogP contribution in [0.15, 0.2) is 53.5 Å². The van der Waals surface area contributed by atoms with Crippen molar-refractivity contribution in [1.82, 2.24) is 30.1 Å². The summed E-state index contributed by atoms with van der Waals surface area (Å²) in [5.74, 6) is -1.48. The summed E-state index contributed by atoms with van der Waals surface area (Å²) in [6, 6.07) is 7.24. The summed E-state index contributed by atoms with van der Waals surface area (Å²) in [5, 5.41) is 4.81. The molecular formula is C23H17FN6O5. The van der Waals surface area contributed by atoms with E-state index in [9.17, 15) is 18.8 Å². The summed E-state index contributed by atoms with van der Waals surface area (Å²) in [6.07, 6.45) is 4.93. The number of hydrogen-bond donors (Lipinski definition) is 2. The molecule has 3 aromatic heterocycles. The number of nitrogens with zero attached hydrogens (tertiary/aromatic N) is 4. The van der Waals surface area contributed by atoms with Crippen LogP contribution < -0.4 is 15.4 Å². The first-order valence-corrected chi connectivity index (χ1v) is 10.6. The Bertz CT molecular complexity index is 1530. The van der Waals surface area contributed by atoms with Crippen LogP contribution in [0.25, 0.3) is 16.9 Å². The highest BCUT2D eigenvalue weighted by atomic mass is 19.1. The largest absolute Gasteiger partial charge is 0.494 e. The molecule has 0 radical (unpaired) electrons. The van der Waals surface area contributed by atoms with Gasteiger partial charge in [-0.15, -0.1) is 0 Å². The number of fused-ring (bicyclic) bond motifs is 2. The van der Waals surface area contributed by atoms with Gasteiger partial charge in [-0.05, 0) is 23.8 Å². The van der Waals surface area contributed by atoms with E-state index in [0.717, 1.165) is 0 Å². The van der Waals surface area contributed by atoms with Crippen LogP contribution in [0.3, 0.4) is 0 Å². The smallest absolute Gasteiger partial charge is 0.322 e. The molecule has 0 aliphatic carbocycles. The molecule has 2 aliphatic heterocycles. The summed E-state index contributed by atoms with van der Waals surface area (Å²) >= 11 is 0. The number of rotatable bonds is 5. The Morgan fingerprint density at radius 3 is 2.80 bits per heavy atom. The third-order valence-corrected chi connectivity index (χ3v) is 6.19. The van der Waals surface area contributed by atoms with Crippen molar-refractivity contribution in [1.29, 1.82) is 0 Å². The average Bonchev–Trinajstić information content (AvgIpc) is 3.61. The van der Waals surface area contributed by atoms with Gasteiger partial charge in [-0.25, -0.2) is 19.2 Å². The van der Waals surface area contributed by atoms with Crippen LogP contribution in [0.4, 0.5) is 9.18 Å². The van der Waals surface area contributed by atoms with E-state index < -0.39 is 29.2 Å². The predicted molar refractivity (Wildman–Crippen MR) is 117 cm³/mol. The number of benzene rings is 1. The van der Waals surface area contributed by atoms with E-state index in [1.165, 1.54) is 24.1 Å². The maximum Gasteiger partial charge on any atom is 0.322 e. The van der Waals surface area contributed by atoms with E-state index in [0.29, 0.717) is 22.5 Å². The summed E-state index contributed by atoms with van der Waals surface area (Å²) in [4.78, 5) is 48.2. The van der Waals surface area contributed by atoms with Crippen LogP contribution in [-0.2, 0) is 16.9 Å². The molecule has 4 aromatic rings. The Kier molecular flexibility index (Phi) is 4.40. The summed E-state index contributed by atoms with van der Waals surface area (Å²) in [5.41, 5.74) is -0.592. The lowest BCUT2D eigenvalue weighted by Gasteiger charge is -2.28. The van der Waals surface area contributed by atoms with Gasteiger partial charge in [-0.3, -0.25) is 19.5 Å². The minimum atomic E-state index is -1.73. The second-order valence-corrected chi connectivity index (χ2v) is 8.22. The van der Waals surface area contributed by atoms with Crippen molar-refractivity contribution < 1.29 is 27.9 Å². The standard InChI is InChI=1S/C23H17FN6O5/c1-34-15-3-2-12-9-30(20(31)18(12)19(15)24)10-23(21(32)27-22(33)28-23)16-8-13-14(35-16)4-5-17(26-13)29-7-6-25-11-29/h2-8,11H,9-10H2,1H3,(H2,27,28,32,33). The van der Waals surface area contributed by atoms with Gasteiger partial charge in [0.2, 0.25) is 0 Å². The number of halogens is 1. The number of methoxy groups -OCH3 is 1. The number of carbonyl (C=O) groups is 3. The molecule has 11 nitrogen and oxygen atoms in total. The molecule has 1 atom stereocenters. The zero-order valence-corrected chi connectivity index (χ0v) is 18.2. The van der Waals surface area contributed by atoms with Gasteiger partial charge in [0.1, 0.15) is 23.4 Å². The van der Waals surface area contributed by atoms with Crippen molar-refractivity contribution in [2.24, 2.45) is 0 Å². The molecule has 2 aliphatic rings. The fraction of sp³-hybridized carbons (Fsp3) is 0.174. The number of carbonyl (C=O) groups excluding carboxylic acids is 3. The molecule has 0 bridgehead atoms. The zero-order chi connectivity index (χ0) is 24.3. The van der Waals surface area contributed by atoms with Crippen molar-refractivity contribution in [3.05, 3.63) is 71.8 Å². The normalized spacial score (nSPS) is 19.3. The zero-order valence-electron chi connectivity index (χ0n) is 18.2. The van der Waals surface area contributed by atoms with Crippen LogP contribution in [0.5, 0.6) is 5.75 Å². The number of urea groups is 1. The highest BCUT2D eigenvalue weighted by Gasteiger charge is 2.53. The fourth-order valence-electron chi connectivity index (χ4n) is 4.48. The summed E-state index contributed by atoms with van der Waals surface area (Å²) in [7, 11) is 1.31. The number of amides is 4. The molecule has 0 spiro atoms. The monoisotopic (exact) mass is 476 g/mol. The molecule has 35 heavy (non-hydrogen) atoms. The highest BCUT2D eigenvalue weighted by Crippen LogP contribution is 2.36. The first-order chi connectivity index (χ1) is 16.9. The third-order valence-electron chi connectivity index (χ3n) is 6.19. The van der Waals surface area contributed by atoms with E-state index in [1.54, 1.807) is 41.5 Å². The third kappa shape index (κ3) is 3.06. The van der Waals surface area contributed by atoms with Gasteiger partial charge in [0.25, 0.3) is 11.8 Å². The second kappa shape index (κ2) is 7.38. The average molecular weight is 476 g/mol. The van der Waals surface area contributed by atoms with Crippen LogP contribution in [-0.4, -0.2) is 50.9 Å². The molecule has 1 fully saturated rings. The molecule has 2 N–H and O–H groups in total. The van der Waals surface area contributed by atoms with Gasteiger partial charge in [-0.2, -0.15) is 0 Å². The molecule has 4 amide bonds. The maximum absolute atomic E-state index is 14.8. The Balaban J connectivity index is 1.40.